The van der Waals surface area contributed by atoms with Gasteiger partial charge in [-0.25, -0.2) is 0 Å². The molecule has 0 saturated carbocycles. The number of hydrogen-bond donors (Lipinski definition) is 0. The lowest BCUT2D eigenvalue weighted by Crippen LogP contribution is -2.26. The van der Waals surface area contributed by atoms with E-state index < -0.39 is 4.32 Å². The van der Waals surface area contributed by atoms with Crippen molar-refractivity contribution in [2.24, 2.45) is 0 Å². The van der Waals surface area contributed by atoms with Gasteiger partial charge in [0, 0.05) is 0 Å². The molecule has 0 heterocycles. The Kier molecular flexibility index (Phi) is 3.79. The van der Waals surface area contributed by atoms with Crippen LogP contribution in [-0.4, -0.2) is 16.9 Å². The van der Waals surface area contributed by atoms with Crippen LogP contribution in [0.1, 0.15) is 20.8 Å². The zero-order chi connectivity index (χ0) is 9.07. The molecular weight excluding hydrogens is 208 g/mol. The van der Waals surface area contributed by atoms with Crippen molar-refractivity contribution >= 4 is 21.9 Å². The van der Waals surface area contributed by atoms with Gasteiger partial charge in [0.2, 0.25) is 0 Å². The number of ether oxygens (including phenoxy) is 1. The van der Waals surface area contributed by atoms with E-state index in [1.807, 2.05) is 6.92 Å². The van der Waals surface area contributed by atoms with Gasteiger partial charge in [-0.1, -0.05) is 22.5 Å². The Morgan fingerprint density at radius 2 is 2.09 bits per heavy atom. The van der Waals surface area contributed by atoms with Crippen LogP contribution in [0.25, 0.3) is 0 Å². The number of carbonyl (C=O) groups excluding carboxylic acids is 1. The van der Waals surface area contributed by atoms with Crippen LogP contribution in [0.2, 0.25) is 0 Å². The van der Waals surface area contributed by atoms with Gasteiger partial charge >= 0.3 is 5.97 Å². The summed E-state index contributed by atoms with van der Waals surface area (Å²) >= 11 is 3.19. The van der Waals surface area contributed by atoms with Crippen molar-refractivity contribution in [2.45, 2.75) is 25.1 Å². The van der Waals surface area contributed by atoms with Crippen LogP contribution in [0.3, 0.4) is 0 Å². The largest absolute Gasteiger partial charge is 0.460 e. The smallest absolute Gasteiger partial charge is 0.322 e. The molecule has 0 aliphatic carbocycles. The Bertz CT molecular complexity index is 167. The molecule has 0 amide bonds. The van der Waals surface area contributed by atoms with Gasteiger partial charge in [0.05, 0.1) is 0 Å². The maximum absolute atomic E-state index is 11.1. The molecule has 0 aliphatic rings. The molecule has 0 aromatic carbocycles. The highest BCUT2D eigenvalue weighted by atomic mass is 79.9. The lowest BCUT2D eigenvalue weighted by atomic mass is 10.2. The molecule has 0 rings (SSSR count). The molecule has 0 fully saturated rings. The van der Waals surface area contributed by atoms with Gasteiger partial charge < -0.3 is 4.74 Å². The quantitative estimate of drug-likeness (QED) is 0.415. The first-order valence-electron chi connectivity index (χ1n) is 3.34. The summed E-state index contributed by atoms with van der Waals surface area (Å²) in [5.74, 6) is -0.263. The summed E-state index contributed by atoms with van der Waals surface area (Å²) in [6.45, 7) is 9.22. The maximum atomic E-state index is 11.1. The fourth-order valence-corrected chi connectivity index (χ4v) is 0.475. The minimum Gasteiger partial charge on any atom is -0.460 e. The first kappa shape index (κ1) is 10.7. The minimum atomic E-state index is -0.595. The molecule has 0 aliphatic heterocycles. The van der Waals surface area contributed by atoms with E-state index >= 15 is 0 Å². The van der Waals surface area contributed by atoms with Crippen LogP contribution in [0.4, 0.5) is 0 Å². The van der Waals surface area contributed by atoms with E-state index in [9.17, 15) is 4.79 Å². The van der Waals surface area contributed by atoms with Crippen molar-refractivity contribution < 1.29 is 9.53 Å². The molecule has 0 aromatic rings. The molecule has 0 bridgehead atoms. The summed E-state index contributed by atoms with van der Waals surface area (Å²) in [7, 11) is 0. The zero-order valence-corrected chi connectivity index (χ0v) is 8.69. The number of esters is 1. The van der Waals surface area contributed by atoms with Crippen molar-refractivity contribution in [1.82, 2.24) is 0 Å². The average Bonchev–Trinajstić information content (AvgIpc) is 1.80. The summed E-state index contributed by atoms with van der Waals surface area (Å²) < 4.78 is 4.29. The van der Waals surface area contributed by atoms with Gasteiger partial charge in [0.15, 0.2) is 0 Å². The zero-order valence-electron chi connectivity index (χ0n) is 7.11. The van der Waals surface area contributed by atoms with Crippen molar-refractivity contribution in [3.05, 3.63) is 12.2 Å². The van der Waals surface area contributed by atoms with Gasteiger partial charge in [-0.05, 0) is 26.3 Å². The van der Waals surface area contributed by atoms with E-state index in [0.29, 0.717) is 6.61 Å². The lowest BCUT2D eigenvalue weighted by Gasteiger charge is -2.14. The third-order valence-corrected chi connectivity index (χ3v) is 1.26. The summed E-state index contributed by atoms with van der Waals surface area (Å²) in [6, 6.07) is 0. The van der Waals surface area contributed by atoms with Crippen LogP contribution in [0, 0.1) is 0 Å². The Balaban J connectivity index is 3.80. The van der Waals surface area contributed by atoms with Crippen LogP contribution in [0.5, 0.6) is 0 Å². The van der Waals surface area contributed by atoms with E-state index in [0.717, 1.165) is 5.57 Å². The predicted molar refractivity (Wildman–Crippen MR) is 48.8 cm³/mol. The predicted octanol–water partition coefficient (Wildman–Crippen LogP) is 2.28. The van der Waals surface area contributed by atoms with E-state index in [2.05, 4.69) is 22.5 Å². The molecule has 0 aromatic heterocycles. The molecule has 0 unspecified atom stereocenters. The summed E-state index contributed by atoms with van der Waals surface area (Å²) in [5.41, 5.74) is 0.843. The number of rotatable bonds is 3. The van der Waals surface area contributed by atoms with Crippen molar-refractivity contribution in [3.63, 3.8) is 0 Å². The van der Waals surface area contributed by atoms with E-state index in [-0.39, 0.29) is 5.97 Å². The summed E-state index contributed by atoms with van der Waals surface area (Å²) in [6.07, 6.45) is 0. The molecule has 3 heteroatoms. The van der Waals surface area contributed by atoms with Crippen molar-refractivity contribution in [3.8, 4) is 0 Å². The highest BCUT2D eigenvalue weighted by molar-refractivity contribution is 9.10. The molecule has 64 valence electrons. The van der Waals surface area contributed by atoms with Gasteiger partial charge in [0.1, 0.15) is 10.9 Å². The fraction of sp³-hybridized carbons (Fsp3) is 0.625. The molecular formula is C8H13BrO2. The van der Waals surface area contributed by atoms with Gasteiger partial charge in [-0.15, -0.1) is 0 Å². The summed E-state index contributed by atoms with van der Waals surface area (Å²) in [4.78, 5) is 11.1. The normalized spacial score (nSPS) is 10.9. The minimum absolute atomic E-state index is 0.263. The first-order chi connectivity index (χ1) is 4.84. The molecule has 0 saturated heterocycles. The van der Waals surface area contributed by atoms with Crippen LogP contribution < -0.4 is 0 Å². The molecule has 0 spiro atoms. The second-order valence-electron chi connectivity index (χ2n) is 3.01. The topological polar surface area (TPSA) is 26.3 Å². The number of alkyl halides is 1. The van der Waals surface area contributed by atoms with E-state index in [4.69, 9.17) is 4.74 Å². The molecule has 2 nitrogen and oxygen atoms in total. The molecule has 11 heavy (non-hydrogen) atoms. The average molecular weight is 221 g/mol. The maximum Gasteiger partial charge on any atom is 0.322 e. The lowest BCUT2D eigenvalue weighted by molar-refractivity contribution is -0.144. The van der Waals surface area contributed by atoms with Crippen molar-refractivity contribution in [2.75, 3.05) is 6.61 Å². The number of carbonyl (C=O) groups is 1. The highest BCUT2D eigenvalue weighted by Gasteiger charge is 2.24. The second-order valence-corrected chi connectivity index (χ2v) is 4.99. The van der Waals surface area contributed by atoms with Gasteiger partial charge in [0.25, 0.3) is 0 Å². The number of halogens is 1. The summed E-state index contributed by atoms with van der Waals surface area (Å²) in [5, 5.41) is 0. The SMILES string of the molecule is C=C(C)COC(=O)C(C)(C)Br. The Labute approximate surface area is 75.7 Å². The van der Waals surface area contributed by atoms with Crippen LogP contribution in [0.15, 0.2) is 12.2 Å². The standard InChI is InChI=1S/C8H13BrO2/c1-6(2)5-11-7(10)8(3,4)9/h1,5H2,2-4H3. The van der Waals surface area contributed by atoms with E-state index in [1.165, 1.54) is 0 Å². The third-order valence-electron chi connectivity index (χ3n) is 0.935. The Morgan fingerprint density at radius 3 is 2.36 bits per heavy atom. The van der Waals surface area contributed by atoms with Crippen LogP contribution in [-0.2, 0) is 9.53 Å². The molecule has 0 radical (unpaired) electrons. The number of hydrogen-bond acceptors (Lipinski definition) is 2. The molecule has 0 atom stereocenters. The Morgan fingerprint density at radius 1 is 1.64 bits per heavy atom. The van der Waals surface area contributed by atoms with Crippen molar-refractivity contribution in [1.29, 1.82) is 0 Å². The van der Waals surface area contributed by atoms with Gasteiger partial charge in [-0.2, -0.15) is 0 Å². The van der Waals surface area contributed by atoms with Crippen LogP contribution >= 0.6 is 15.9 Å². The van der Waals surface area contributed by atoms with Gasteiger partial charge in [-0.3, -0.25) is 4.79 Å². The first-order valence-corrected chi connectivity index (χ1v) is 4.14. The molecule has 0 N–H and O–H groups in total. The second kappa shape index (κ2) is 3.90. The Hall–Kier alpha value is -0.310. The highest BCUT2D eigenvalue weighted by Crippen LogP contribution is 2.17. The van der Waals surface area contributed by atoms with E-state index in [1.54, 1.807) is 13.8 Å². The third kappa shape index (κ3) is 5.01. The fourth-order valence-electron chi connectivity index (χ4n) is 0.360. The monoisotopic (exact) mass is 220 g/mol.